The Morgan fingerprint density at radius 3 is 2.91 bits per heavy atom. The van der Waals surface area contributed by atoms with Gasteiger partial charge < -0.3 is 14.3 Å². The van der Waals surface area contributed by atoms with Gasteiger partial charge in [-0.15, -0.1) is 0 Å². The van der Waals surface area contributed by atoms with Crippen molar-refractivity contribution in [3.63, 3.8) is 0 Å². The summed E-state index contributed by atoms with van der Waals surface area (Å²) < 4.78 is 3.47. The molecule has 0 saturated carbocycles. The molecule has 0 bridgehead atoms. The Kier molecular flexibility index (Phi) is 4.23. The van der Waals surface area contributed by atoms with E-state index in [9.17, 15) is 9.59 Å². The van der Waals surface area contributed by atoms with Gasteiger partial charge in [0.2, 0.25) is 5.56 Å². The van der Waals surface area contributed by atoms with Crippen LogP contribution >= 0.6 is 0 Å². The van der Waals surface area contributed by atoms with Crippen LogP contribution in [0.3, 0.4) is 0 Å². The Bertz CT molecular complexity index is 895. The van der Waals surface area contributed by atoms with Gasteiger partial charge >= 0.3 is 0 Å². The van der Waals surface area contributed by atoms with Gasteiger partial charge in [0, 0.05) is 37.7 Å². The van der Waals surface area contributed by atoms with E-state index >= 15 is 0 Å². The number of fused-ring (bicyclic) bond motifs is 1. The molecule has 6 nitrogen and oxygen atoms in total. The largest absolute Gasteiger partial charge is 0.352 e. The highest BCUT2D eigenvalue weighted by Crippen LogP contribution is 2.07. The van der Waals surface area contributed by atoms with Gasteiger partial charge in [-0.2, -0.15) is 0 Å². The zero-order valence-corrected chi connectivity index (χ0v) is 12.9. The molecule has 3 heterocycles. The standard InChI is InChI=1S/C17H18N4O2/c1-13-11-21-12-14(6-7-15(21)19-13)17(23)18-8-4-10-20-9-3-2-5-16(20)22/h2-3,5-7,9,11-12H,4,8,10H2,1H3,(H,18,23). The molecule has 118 valence electrons. The van der Waals surface area contributed by atoms with Gasteiger partial charge in [0.15, 0.2) is 0 Å². The zero-order valence-electron chi connectivity index (χ0n) is 12.9. The molecule has 0 fully saturated rings. The molecule has 6 heteroatoms. The van der Waals surface area contributed by atoms with Crippen molar-refractivity contribution in [2.75, 3.05) is 6.54 Å². The summed E-state index contributed by atoms with van der Waals surface area (Å²) in [6.45, 7) is 3.01. The number of carbonyl (C=O) groups is 1. The molecule has 3 aromatic heterocycles. The number of carbonyl (C=O) groups excluding carboxylic acids is 1. The van der Waals surface area contributed by atoms with Crippen LogP contribution in [-0.2, 0) is 6.54 Å². The second-order valence-electron chi connectivity index (χ2n) is 5.41. The van der Waals surface area contributed by atoms with Crippen LogP contribution in [0.15, 0.2) is 53.7 Å². The molecule has 1 N–H and O–H groups in total. The third-order valence-electron chi connectivity index (χ3n) is 3.59. The highest BCUT2D eigenvalue weighted by Gasteiger charge is 2.07. The number of rotatable bonds is 5. The Labute approximate surface area is 133 Å². The average Bonchev–Trinajstić information content (AvgIpc) is 2.92. The van der Waals surface area contributed by atoms with Gasteiger partial charge in [0.05, 0.1) is 11.3 Å². The van der Waals surface area contributed by atoms with Crippen LogP contribution in [0.2, 0.25) is 0 Å². The number of pyridine rings is 2. The molecule has 0 radical (unpaired) electrons. The predicted molar refractivity (Wildman–Crippen MR) is 87.6 cm³/mol. The molecule has 0 aliphatic rings. The first-order valence-corrected chi connectivity index (χ1v) is 7.52. The lowest BCUT2D eigenvalue weighted by molar-refractivity contribution is 0.0952. The van der Waals surface area contributed by atoms with Crippen molar-refractivity contribution in [2.24, 2.45) is 0 Å². The molecule has 0 aliphatic carbocycles. The van der Waals surface area contributed by atoms with Crippen molar-refractivity contribution in [1.29, 1.82) is 0 Å². The van der Waals surface area contributed by atoms with Crippen molar-refractivity contribution in [1.82, 2.24) is 19.3 Å². The highest BCUT2D eigenvalue weighted by atomic mass is 16.1. The van der Waals surface area contributed by atoms with Crippen molar-refractivity contribution < 1.29 is 4.79 Å². The maximum atomic E-state index is 12.2. The molecule has 23 heavy (non-hydrogen) atoms. The van der Waals surface area contributed by atoms with Crippen LogP contribution in [0, 0.1) is 6.92 Å². The second kappa shape index (κ2) is 6.48. The quantitative estimate of drug-likeness (QED) is 0.728. The van der Waals surface area contributed by atoms with Crippen LogP contribution in [-0.4, -0.2) is 26.4 Å². The topological polar surface area (TPSA) is 68.4 Å². The second-order valence-corrected chi connectivity index (χ2v) is 5.41. The number of nitrogens with one attached hydrogen (secondary N) is 1. The van der Waals surface area contributed by atoms with E-state index in [2.05, 4.69) is 10.3 Å². The summed E-state index contributed by atoms with van der Waals surface area (Å²) in [7, 11) is 0. The van der Waals surface area contributed by atoms with E-state index in [4.69, 9.17) is 0 Å². The van der Waals surface area contributed by atoms with E-state index in [1.165, 1.54) is 6.07 Å². The minimum absolute atomic E-state index is 0.0280. The van der Waals surface area contributed by atoms with E-state index in [-0.39, 0.29) is 11.5 Å². The summed E-state index contributed by atoms with van der Waals surface area (Å²) in [4.78, 5) is 28.1. The highest BCUT2D eigenvalue weighted by molar-refractivity contribution is 5.94. The predicted octanol–water partition coefficient (Wildman–Crippen LogP) is 1.62. The smallest absolute Gasteiger partial charge is 0.252 e. The Balaban J connectivity index is 1.56. The Morgan fingerprint density at radius 2 is 2.09 bits per heavy atom. The fraction of sp³-hybridized carbons (Fsp3) is 0.235. The Hall–Kier alpha value is -2.89. The molecule has 0 atom stereocenters. The van der Waals surface area contributed by atoms with Crippen LogP contribution in [0.1, 0.15) is 22.5 Å². The van der Waals surface area contributed by atoms with Crippen molar-refractivity contribution >= 4 is 11.6 Å². The number of nitrogens with zero attached hydrogens (tertiary/aromatic N) is 3. The molecule has 3 rings (SSSR count). The fourth-order valence-corrected chi connectivity index (χ4v) is 2.45. The maximum Gasteiger partial charge on any atom is 0.252 e. The van der Waals surface area contributed by atoms with E-state index in [1.54, 1.807) is 29.1 Å². The van der Waals surface area contributed by atoms with Gasteiger partial charge in [0.25, 0.3) is 5.91 Å². The lowest BCUT2D eigenvalue weighted by Crippen LogP contribution is -2.27. The molecule has 0 saturated heterocycles. The lowest BCUT2D eigenvalue weighted by Gasteiger charge is -2.07. The third-order valence-corrected chi connectivity index (χ3v) is 3.59. The minimum atomic E-state index is -0.126. The third kappa shape index (κ3) is 3.48. The normalized spacial score (nSPS) is 10.8. The van der Waals surface area contributed by atoms with Gasteiger partial charge in [-0.1, -0.05) is 6.07 Å². The minimum Gasteiger partial charge on any atom is -0.352 e. The van der Waals surface area contributed by atoms with Gasteiger partial charge in [-0.25, -0.2) is 4.98 Å². The molecular formula is C17H18N4O2. The zero-order chi connectivity index (χ0) is 16.2. The number of imidazole rings is 1. The van der Waals surface area contributed by atoms with Crippen LogP contribution in [0.4, 0.5) is 0 Å². The summed E-state index contributed by atoms with van der Waals surface area (Å²) in [6.07, 6.45) is 6.10. The number of aromatic nitrogens is 3. The maximum absolute atomic E-state index is 12.2. The van der Waals surface area contributed by atoms with E-state index < -0.39 is 0 Å². The van der Waals surface area contributed by atoms with Crippen LogP contribution < -0.4 is 10.9 Å². The number of aryl methyl sites for hydroxylation is 2. The van der Waals surface area contributed by atoms with Gasteiger partial charge in [0.1, 0.15) is 5.65 Å². The molecule has 0 unspecified atom stereocenters. The van der Waals surface area contributed by atoms with Crippen LogP contribution in [0.5, 0.6) is 0 Å². The molecular weight excluding hydrogens is 292 g/mol. The van der Waals surface area contributed by atoms with Crippen molar-refractivity contribution in [3.8, 4) is 0 Å². The number of amides is 1. The summed E-state index contributed by atoms with van der Waals surface area (Å²) >= 11 is 0. The van der Waals surface area contributed by atoms with E-state index in [0.29, 0.717) is 25.1 Å². The summed E-state index contributed by atoms with van der Waals surface area (Å²) in [6, 6.07) is 8.65. The van der Waals surface area contributed by atoms with Crippen molar-refractivity contribution in [2.45, 2.75) is 19.9 Å². The van der Waals surface area contributed by atoms with Crippen molar-refractivity contribution in [3.05, 3.63) is 70.5 Å². The SMILES string of the molecule is Cc1cn2cc(C(=O)NCCCn3ccccc3=O)ccc2n1. The number of hydrogen-bond donors (Lipinski definition) is 1. The molecule has 0 aliphatic heterocycles. The lowest BCUT2D eigenvalue weighted by atomic mass is 10.2. The summed E-state index contributed by atoms with van der Waals surface area (Å²) in [5, 5.41) is 2.87. The first-order valence-electron chi connectivity index (χ1n) is 7.52. The van der Waals surface area contributed by atoms with E-state index in [1.807, 2.05) is 29.7 Å². The Morgan fingerprint density at radius 1 is 1.22 bits per heavy atom. The molecule has 0 aromatic carbocycles. The molecule has 0 spiro atoms. The average molecular weight is 310 g/mol. The first-order chi connectivity index (χ1) is 11.1. The summed E-state index contributed by atoms with van der Waals surface area (Å²) in [5.74, 6) is -0.126. The number of hydrogen-bond acceptors (Lipinski definition) is 3. The molecule has 3 aromatic rings. The van der Waals surface area contributed by atoms with Gasteiger partial charge in [-0.05, 0) is 31.5 Å². The van der Waals surface area contributed by atoms with Crippen LogP contribution in [0.25, 0.3) is 5.65 Å². The fourth-order valence-electron chi connectivity index (χ4n) is 2.45. The summed E-state index contributed by atoms with van der Waals surface area (Å²) in [5.41, 5.74) is 2.30. The first kappa shape index (κ1) is 15.0. The monoisotopic (exact) mass is 310 g/mol. The van der Waals surface area contributed by atoms with E-state index in [0.717, 1.165) is 11.3 Å². The molecule has 1 amide bonds. The van der Waals surface area contributed by atoms with Gasteiger partial charge in [-0.3, -0.25) is 9.59 Å².